The Morgan fingerprint density at radius 1 is 1.32 bits per heavy atom. The molecule has 3 aromatic rings. The van der Waals surface area contributed by atoms with Crippen LogP contribution in [0.25, 0.3) is 10.9 Å². The predicted molar refractivity (Wildman–Crippen MR) is 88.8 cm³/mol. The maximum absolute atomic E-state index is 12.8. The number of rotatable bonds is 3. The molecule has 25 heavy (non-hydrogen) atoms. The van der Waals surface area contributed by atoms with E-state index in [9.17, 15) is 9.59 Å². The van der Waals surface area contributed by atoms with Crippen LogP contribution in [-0.2, 0) is 13.0 Å². The van der Waals surface area contributed by atoms with Gasteiger partial charge in [-0.25, -0.2) is 4.79 Å². The largest absolute Gasteiger partial charge is 0.497 e. The number of aromatic nitrogens is 3. The highest BCUT2D eigenvalue weighted by Crippen LogP contribution is 2.25. The van der Waals surface area contributed by atoms with E-state index < -0.39 is 5.97 Å². The van der Waals surface area contributed by atoms with Crippen molar-refractivity contribution >= 4 is 22.8 Å². The van der Waals surface area contributed by atoms with Crippen molar-refractivity contribution < 1.29 is 19.4 Å². The van der Waals surface area contributed by atoms with Gasteiger partial charge in [0.2, 0.25) is 0 Å². The molecule has 4 rings (SSSR count). The minimum absolute atomic E-state index is 0.0415. The van der Waals surface area contributed by atoms with Gasteiger partial charge in [-0.3, -0.25) is 9.89 Å². The summed E-state index contributed by atoms with van der Waals surface area (Å²) in [5.41, 5.74) is 2.74. The Balaban J connectivity index is 1.60. The van der Waals surface area contributed by atoms with E-state index in [0.29, 0.717) is 36.5 Å². The zero-order valence-electron chi connectivity index (χ0n) is 13.5. The van der Waals surface area contributed by atoms with Crippen LogP contribution in [0.2, 0.25) is 0 Å². The van der Waals surface area contributed by atoms with Gasteiger partial charge in [-0.1, -0.05) is 0 Å². The third kappa shape index (κ3) is 2.51. The lowest BCUT2D eigenvalue weighted by Gasteiger charge is -2.26. The summed E-state index contributed by atoms with van der Waals surface area (Å²) >= 11 is 0. The molecule has 8 nitrogen and oxygen atoms in total. The number of carbonyl (C=O) groups is 2. The van der Waals surface area contributed by atoms with Crippen molar-refractivity contribution in [1.82, 2.24) is 20.1 Å². The van der Waals surface area contributed by atoms with E-state index >= 15 is 0 Å². The van der Waals surface area contributed by atoms with Gasteiger partial charge in [0.15, 0.2) is 5.69 Å². The second kappa shape index (κ2) is 5.66. The first kappa shape index (κ1) is 15.3. The van der Waals surface area contributed by atoms with Crippen LogP contribution in [0.5, 0.6) is 5.75 Å². The first-order chi connectivity index (χ1) is 12.1. The summed E-state index contributed by atoms with van der Waals surface area (Å²) in [6.45, 7) is 0.761. The van der Waals surface area contributed by atoms with E-state index in [1.54, 1.807) is 18.1 Å². The fourth-order valence-electron chi connectivity index (χ4n) is 3.19. The quantitative estimate of drug-likeness (QED) is 0.673. The number of fused-ring (bicyclic) bond motifs is 2. The molecule has 3 heterocycles. The fourth-order valence-corrected chi connectivity index (χ4v) is 3.19. The number of carbonyl (C=O) groups excluding carboxylic acids is 1. The van der Waals surface area contributed by atoms with Gasteiger partial charge >= 0.3 is 5.97 Å². The van der Waals surface area contributed by atoms with E-state index in [1.807, 2.05) is 18.2 Å². The Morgan fingerprint density at radius 3 is 2.92 bits per heavy atom. The van der Waals surface area contributed by atoms with E-state index in [2.05, 4.69) is 15.2 Å². The molecule has 0 bridgehead atoms. The van der Waals surface area contributed by atoms with Crippen molar-refractivity contribution in [2.45, 2.75) is 13.0 Å². The van der Waals surface area contributed by atoms with Crippen LogP contribution in [0.4, 0.5) is 0 Å². The summed E-state index contributed by atoms with van der Waals surface area (Å²) in [7, 11) is 1.60. The van der Waals surface area contributed by atoms with Crippen LogP contribution in [0.15, 0.2) is 24.3 Å². The van der Waals surface area contributed by atoms with E-state index in [0.717, 1.165) is 16.7 Å². The molecular weight excluding hydrogens is 324 g/mol. The number of amides is 1. The SMILES string of the molecule is COc1ccc2[nH]c(C(=O)N3CCc4c(C(=O)O)n[nH]c4C3)cc2c1. The Labute approximate surface area is 142 Å². The highest BCUT2D eigenvalue weighted by molar-refractivity contribution is 5.98. The summed E-state index contributed by atoms with van der Waals surface area (Å²) in [5.74, 6) is -0.457. The van der Waals surface area contributed by atoms with Crippen molar-refractivity contribution in [3.8, 4) is 5.75 Å². The lowest BCUT2D eigenvalue weighted by atomic mass is 10.0. The summed E-state index contributed by atoms with van der Waals surface area (Å²) in [5, 5.41) is 16.6. The average molecular weight is 340 g/mol. The van der Waals surface area contributed by atoms with Gasteiger partial charge < -0.3 is 19.7 Å². The van der Waals surface area contributed by atoms with Gasteiger partial charge in [0.05, 0.1) is 19.3 Å². The zero-order valence-corrected chi connectivity index (χ0v) is 13.5. The molecule has 0 fully saturated rings. The van der Waals surface area contributed by atoms with Crippen LogP contribution in [0, 0.1) is 0 Å². The fraction of sp³-hybridized carbons (Fsp3) is 0.235. The maximum Gasteiger partial charge on any atom is 0.356 e. The monoisotopic (exact) mass is 340 g/mol. The Morgan fingerprint density at radius 2 is 2.16 bits per heavy atom. The van der Waals surface area contributed by atoms with Crippen LogP contribution < -0.4 is 4.74 Å². The second-order valence-corrected chi connectivity index (χ2v) is 5.95. The number of benzene rings is 1. The highest BCUT2D eigenvalue weighted by atomic mass is 16.5. The first-order valence-electron chi connectivity index (χ1n) is 7.82. The molecule has 0 aliphatic carbocycles. The average Bonchev–Trinajstić information content (AvgIpc) is 3.23. The Hall–Kier alpha value is -3.29. The molecule has 0 saturated carbocycles. The normalized spacial score (nSPS) is 13.7. The standard InChI is InChI=1S/C17H16N4O4/c1-25-10-2-3-12-9(6-10)7-13(18-12)16(22)21-5-4-11-14(8-21)19-20-15(11)17(23)24/h2-3,6-7,18H,4-5,8H2,1H3,(H,19,20)(H,23,24). The van der Waals surface area contributed by atoms with Crippen molar-refractivity contribution in [3.05, 3.63) is 46.9 Å². The molecule has 0 spiro atoms. The molecule has 1 aliphatic heterocycles. The highest BCUT2D eigenvalue weighted by Gasteiger charge is 2.28. The van der Waals surface area contributed by atoms with Crippen molar-refractivity contribution in [2.75, 3.05) is 13.7 Å². The Kier molecular flexibility index (Phi) is 3.45. The number of nitrogens with zero attached hydrogens (tertiary/aromatic N) is 2. The minimum Gasteiger partial charge on any atom is -0.497 e. The third-order valence-corrected chi connectivity index (χ3v) is 4.48. The molecule has 0 radical (unpaired) electrons. The molecule has 1 aliphatic rings. The van der Waals surface area contributed by atoms with Crippen LogP contribution in [0.1, 0.15) is 32.2 Å². The van der Waals surface area contributed by atoms with Crippen LogP contribution >= 0.6 is 0 Å². The Bertz CT molecular complexity index is 988. The van der Waals surface area contributed by atoms with Gasteiger partial charge in [-0.05, 0) is 30.7 Å². The second-order valence-electron chi connectivity index (χ2n) is 5.95. The van der Waals surface area contributed by atoms with E-state index in [4.69, 9.17) is 9.84 Å². The van der Waals surface area contributed by atoms with E-state index in [1.165, 1.54) is 0 Å². The number of carboxylic acid groups (broad SMARTS) is 1. The number of carboxylic acids is 1. The van der Waals surface area contributed by atoms with Gasteiger partial charge in [-0.2, -0.15) is 5.10 Å². The molecule has 128 valence electrons. The summed E-state index contributed by atoms with van der Waals surface area (Å²) < 4.78 is 5.20. The number of methoxy groups -OCH3 is 1. The molecule has 0 atom stereocenters. The van der Waals surface area contributed by atoms with Gasteiger partial charge in [-0.15, -0.1) is 0 Å². The molecule has 1 amide bonds. The molecule has 1 aromatic carbocycles. The van der Waals surface area contributed by atoms with Crippen molar-refractivity contribution in [2.24, 2.45) is 0 Å². The smallest absolute Gasteiger partial charge is 0.356 e. The third-order valence-electron chi connectivity index (χ3n) is 4.48. The number of hydrogen-bond donors (Lipinski definition) is 3. The number of hydrogen-bond acceptors (Lipinski definition) is 4. The molecule has 0 saturated heterocycles. The number of H-pyrrole nitrogens is 2. The molecule has 0 unspecified atom stereocenters. The lowest BCUT2D eigenvalue weighted by molar-refractivity contribution is 0.0689. The first-order valence-corrected chi connectivity index (χ1v) is 7.82. The topological polar surface area (TPSA) is 111 Å². The summed E-state index contributed by atoms with van der Waals surface area (Å²) in [6.07, 6.45) is 0.466. The van der Waals surface area contributed by atoms with Gasteiger partial charge in [0.1, 0.15) is 11.4 Å². The van der Waals surface area contributed by atoms with Crippen LogP contribution in [-0.4, -0.2) is 50.7 Å². The lowest BCUT2D eigenvalue weighted by Crippen LogP contribution is -2.36. The molecule has 8 heteroatoms. The number of aromatic amines is 2. The predicted octanol–water partition coefficient (Wildman–Crippen LogP) is 1.80. The number of aromatic carboxylic acids is 1. The minimum atomic E-state index is -1.05. The molecular formula is C17H16N4O4. The van der Waals surface area contributed by atoms with Crippen LogP contribution in [0.3, 0.4) is 0 Å². The van der Waals surface area contributed by atoms with Gasteiger partial charge in [0.25, 0.3) is 5.91 Å². The maximum atomic E-state index is 12.8. The van der Waals surface area contributed by atoms with Crippen molar-refractivity contribution in [1.29, 1.82) is 0 Å². The number of ether oxygens (including phenoxy) is 1. The van der Waals surface area contributed by atoms with Gasteiger partial charge in [0, 0.05) is 23.0 Å². The summed E-state index contributed by atoms with van der Waals surface area (Å²) in [4.78, 5) is 28.7. The van der Waals surface area contributed by atoms with E-state index in [-0.39, 0.29) is 11.6 Å². The summed E-state index contributed by atoms with van der Waals surface area (Å²) in [6, 6.07) is 7.36. The number of nitrogens with one attached hydrogen (secondary N) is 2. The zero-order chi connectivity index (χ0) is 17.6. The molecule has 2 aromatic heterocycles. The molecule has 3 N–H and O–H groups in total. The van der Waals surface area contributed by atoms with Crippen molar-refractivity contribution in [3.63, 3.8) is 0 Å².